The van der Waals surface area contributed by atoms with Crippen LogP contribution in [0.1, 0.15) is 17.3 Å². The first-order valence-electron chi connectivity index (χ1n) is 8.67. The van der Waals surface area contributed by atoms with Gasteiger partial charge in [0.2, 0.25) is 0 Å². The van der Waals surface area contributed by atoms with Gasteiger partial charge in [0.15, 0.2) is 0 Å². The number of benzene rings is 3. The van der Waals surface area contributed by atoms with Crippen molar-refractivity contribution in [3.63, 3.8) is 0 Å². The van der Waals surface area contributed by atoms with E-state index in [4.69, 9.17) is 0 Å². The largest absolute Gasteiger partial charge is 0.321 e. The number of hydrogen-bond donors (Lipinski definition) is 1. The molecule has 0 saturated heterocycles. The van der Waals surface area contributed by atoms with E-state index in [9.17, 15) is 17.6 Å². The summed E-state index contributed by atoms with van der Waals surface area (Å²) in [4.78, 5) is 12.5. The average Bonchev–Trinajstić information content (AvgIpc) is 2.70. The van der Waals surface area contributed by atoms with Gasteiger partial charge in [-0.05, 0) is 55.5 Å². The summed E-state index contributed by atoms with van der Waals surface area (Å²) in [5.41, 5.74) is 0.917. The fourth-order valence-corrected chi connectivity index (χ4v) is 4.42. The summed E-state index contributed by atoms with van der Waals surface area (Å²) < 4.78 is 40.9. The van der Waals surface area contributed by atoms with Crippen LogP contribution in [0.5, 0.6) is 0 Å². The van der Waals surface area contributed by atoms with Crippen LogP contribution in [-0.4, -0.2) is 20.9 Å². The van der Waals surface area contributed by atoms with Crippen molar-refractivity contribution < 1.29 is 17.6 Å². The Bertz CT molecular complexity index is 1070. The molecule has 3 aromatic carbocycles. The smallest absolute Gasteiger partial charge is 0.266 e. The third-order valence-corrected chi connectivity index (χ3v) is 6.10. The lowest BCUT2D eigenvalue weighted by molar-refractivity contribution is 0.102. The van der Waals surface area contributed by atoms with E-state index in [-0.39, 0.29) is 22.7 Å². The standard InChI is InChI=1S/C21H19FN2O3S/c1-2-24(18-8-4-3-5-9-18)28(26,27)20-11-7-6-10-19(20)23-21(25)16-12-14-17(22)15-13-16/h3-15H,2H2,1H3,(H,23,25). The summed E-state index contributed by atoms with van der Waals surface area (Å²) in [6.45, 7) is 1.97. The number of sulfonamides is 1. The lowest BCUT2D eigenvalue weighted by Crippen LogP contribution is -2.31. The van der Waals surface area contributed by atoms with Gasteiger partial charge in [0, 0.05) is 12.1 Å². The minimum absolute atomic E-state index is 0.0174. The molecule has 0 saturated carbocycles. The molecule has 144 valence electrons. The molecule has 0 aliphatic carbocycles. The first-order valence-corrected chi connectivity index (χ1v) is 10.1. The van der Waals surface area contributed by atoms with Gasteiger partial charge in [-0.15, -0.1) is 0 Å². The predicted molar refractivity (Wildman–Crippen MR) is 107 cm³/mol. The Hall–Kier alpha value is -3.19. The average molecular weight is 398 g/mol. The highest BCUT2D eigenvalue weighted by Gasteiger charge is 2.26. The number of carbonyl (C=O) groups excluding carboxylic acids is 1. The Labute approximate surface area is 163 Å². The van der Waals surface area contributed by atoms with Crippen LogP contribution in [0.4, 0.5) is 15.8 Å². The normalized spacial score (nSPS) is 11.1. The summed E-state index contributed by atoms with van der Waals surface area (Å²) in [6, 6.07) is 20.0. The quantitative estimate of drug-likeness (QED) is 0.673. The summed E-state index contributed by atoms with van der Waals surface area (Å²) in [7, 11) is -3.91. The third kappa shape index (κ3) is 4.04. The van der Waals surface area contributed by atoms with Crippen LogP contribution < -0.4 is 9.62 Å². The van der Waals surface area contributed by atoms with E-state index in [0.717, 1.165) is 0 Å². The lowest BCUT2D eigenvalue weighted by Gasteiger charge is -2.24. The Morgan fingerprint density at radius 1 is 0.929 bits per heavy atom. The maximum atomic E-state index is 13.3. The molecule has 0 fully saturated rings. The topological polar surface area (TPSA) is 66.5 Å². The molecule has 1 amide bonds. The number of para-hydroxylation sites is 2. The predicted octanol–water partition coefficient (Wildman–Crippen LogP) is 4.29. The van der Waals surface area contributed by atoms with E-state index in [1.54, 1.807) is 49.4 Å². The molecule has 7 heteroatoms. The zero-order chi connectivity index (χ0) is 20.1. The summed E-state index contributed by atoms with van der Waals surface area (Å²) in [5.74, 6) is -0.980. The number of halogens is 1. The molecule has 0 radical (unpaired) electrons. The zero-order valence-electron chi connectivity index (χ0n) is 15.2. The minimum atomic E-state index is -3.91. The summed E-state index contributed by atoms with van der Waals surface area (Å²) >= 11 is 0. The van der Waals surface area contributed by atoms with Gasteiger partial charge in [-0.3, -0.25) is 9.10 Å². The van der Waals surface area contributed by atoms with Gasteiger partial charge in [0.25, 0.3) is 15.9 Å². The second-order valence-corrected chi connectivity index (χ2v) is 7.79. The van der Waals surface area contributed by atoms with Gasteiger partial charge in [0.05, 0.1) is 11.4 Å². The Balaban J connectivity index is 1.97. The van der Waals surface area contributed by atoms with Gasteiger partial charge < -0.3 is 5.32 Å². The highest BCUT2D eigenvalue weighted by molar-refractivity contribution is 7.93. The molecule has 28 heavy (non-hydrogen) atoms. The van der Waals surface area contributed by atoms with Crippen LogP contribution in [0.25, 0.3) is 0 Å². The van der Waals surface area contributed by atoms with Crippen molar-refractivity contribution in [2.75, 3.05) is 16.2 Å². The van der Waals surface area contributed by atoms with Crippen LogP contribution in [0.15, 0.2) is 83.8 Å². The van der Waals surface area contributed by atoms with Crippen molar-refractivity contribution in [3.05, 3.63) is 90.2 Å². The van der Waals surface area contributed by atoms with Crippen LogP contribution >= 0.6 is 0 Å². The van der Waals surface area contributed by atoms with E-state index in [0.29, 0.717) is 5.69 Å². The SMILES string of the molecule is CCN(c1ccccc1)S(=O)(=O)c1ccccc1NC(=O)c1ccc(F)cc1. The second kappa shape index (κ2) is 8.22. The van der Waals surface area contributed by atoms with Crippen molar-refractivity contribution in [2.45, 2.75) is 11.8 Å². The molecular formula is C21H19FN2O3S. The van der Waals surface area contributed by atoms with Crippen molar-refractivity contribution in [2.24, 2.45) is 0 Å². The number of amides is 1. The molecule has 0 spiro atoms. The molecule has 0 unspecified atom stereocenters. The van der Waals surface area contributed by atoms with E-state index < -0.39 is 21.7 Å². The number of hydrogen-bond acceptors (Lipinski definition) is 3. The monoisotopic (exact) mass is 398 g/mol. The number of carbonyl (C=O) groups is 1. The van der Waals surface area contributed by atoms with Crippen molar-refractivity contribution in [1.29, 1.82) is 0 Å². The molecule has 3 rings (SSSR count). The van der Waals surface area contributed by atoms with Gasteiger partial charge in [-0.25, -0.2) is 12.8 Å². The van der Waals surface area contributed by atoms with Crippen LogP contribution in [-0.2, 0) is 10.0 Å². The van der Waals surface area contributed by atoms with E-state index >= 15 is 0 Å². The molecule has 3 aromatic rings. The number of anilines is 2. The maximum absolute atomic E-state index is 13.3. The summed E-state index contributed by atoms with van der Waals surface area (Å²) in [5, 5.41) is 2.62. The molecule has 0 aliphatic heterocycles. The second-order valence-electron chi connectivity index (χ2n) is 5.96. The molecule has 0 aliphatic rings. The molecule has 0 aromatic heterocycles. The molecular weight excluding hydrogens is 379 g/mol. The highest BCUT2D eigenvalue weighted by atomic mass is 32.2. The highest BCUT2D eigenvalue weighted by Crippen LogP contribution is 2.28. The fourth-order valence-electron chi connectivity index (χ4n) is 2.79. The van der Waals surface area contributed by atoms with Crippen LogP contribution in [0.3, 0.4) is 0 Å². The molecule has 0 atom stereocenters. The van der Waals surface area contributed by atoms with E-state index in [2.05, 4.69) is 5.32 Å². The fraction of sp³-hybridized carbons (Fsp3) is 0.0952. The number of nitrogens with zero attached hydrogens (tertiary/aromatic N) is 1. The Morgan fingerprint density at radius 2 is 1.54 bits per heavy atom. The summed E-state index contributed by atoms with van der Waals surface area (Å²) in [6.07, 6.45) is 0. The first-order chi connectivity index (χ1) is 13.4. The van der Waals surface area contributed by atoms with Gasteiger partial charge >= 0.3 is 0 Å². The van der Waals surface area contributed by atoms with Gasteiger partial charge in [-0.1, -0.05) is 30.3 Å². The van der Waals surface area contributed by atoms with Crippen LogP contribution in [0, 0.1) is 5.82 Å². The third-order valence-electron chi connectivity index (χ3n) is 4.14. The molecule has 0 bridgehead atoms. The van der Waals surface area contributed by atoms with Crippen molar-refractivity contribution >= 4 is 27.3 Å². The van der Waals surface area contributed by atoms with E-state index in [1.807, 2.05) is 0 Å². The molecule has 5 nitrogen and oxygen atoms in total. The number of rotatable bonds is 6. The van der Waals surface area contributed by atoms with E-state index in [1.165, 1.54) is 40.7 Å². The lowest BCUT2D eigenvalue weighted by atomic mass is 10.2. The number of nitrogens with one attached hydrogen (secondary N) is 1. The molecule has 1 N–H and O–H groups in total. The maximum Gasteiger partial charge on any atom is 0.266 e. The van der Waals surface area contributed by atoms with Crippen molar-refractivity contribution in [3.8, 4) is 0 Å². The minimum Gasteiger partial charge on any atom is -0.321 e. The zero-order valence-corrected chi connectivity index (χ0v) is 16.0. The first kappa shape index (κ1) is 19.6. The van der Waals surface area contributed by atoms with Gasteiger partial charge in [0.1, 0.15) is 10.7 Å². The van der Waals surface area contributed by atoms with Crippen LogP contribution in [0.2, 0.25) is 0 Å². The van der Waals surface area contributed by atoms with Gasteiger partial charge in [-0.2, -0.15) is 0 Å². The molecule has 0 heterocycles. The Kier molecular flexibility index (Phi) is 5.75. The Morgan fingerprint density at radius 3 is 2.18 bits per heavy atom. The van der Waals surface area contributed by atoms with Crippen molar-refractivity contribution in [1.82, 2.24) is 0 Å².